The zero-order valence-corrected chi connectivity index (χ0v) is 9.89. The molecule has 0 saturated carbocycles. The van der Waals surface area contributed by atoms with E-state index in [2.05, 4.69) is 10.4 Å². The van der Waals surface area contributed by atoms with Gasteiger partial charge in [0.15, 0.2) is 5.69 Å². The first kappa shape index (κ1) is 11.0. The summed E-state index contributed by atoms with van der Waals surface area (Å²) in [6, 6.07) is 9.78. The van der Waals surface area contributed by atoms with Crippen molar-refractivity contribution in [2.75, 3.05) is 6.54 Å². The van der Waals surface area contributed by atoms with Crippen LogP contribution in [0.15, 0.2) is 30.3 Å². The number of primary amides is 1. The maximum Gasteiger partial charge on any atom is 0.269 e. The molecule has 3 N–H and O–H groups in total. The van der Waals surface area contributed by atoms with Gasteiger partial charge in [0, 0.05) is 18.7 Å². The Morgan fingerprint density at radius 1 is 1.33 bits per heavy atom. The number of carbonyl (C=O) groups is 1. The number of nitrogens with two attached hydrogens (primary N) is 1. The fourth-order valence-corrected chi connectivity index (χ4v) is 2.33. The molecule has 0 bridgehead atoms. The first-order valence-electron chi connectivity index (χ1n) is 5.93. The fourth-order valence-electron chi connectivity index (χ4n) is 2.33. The largest absolute Gasteiger partial charge is 0.364 e. The average Bonchev–Trinajstić information content (AvgIpc) is 2.79. The molecule has 2 heterocycles. The van der Waals surface area contributed by atoms with Crippen LogP contribution < -0.4 is 11.1 Å². The molecule has 1 aliphatic heterocycles. The zero-order chi connectivity index (χ0) is 12.5. The van der Waals surface area contributed by atoms with Crippen LogP contribution in [0.5, 0.6) is 0 Å². The molecule has 0 aliphatic carbocycles. The van der Waals surface area contributed by atoms with Crippen molar-refractivity contribution >= 4 is 5.91 Å². The monoisotopic (exact) mass is 242 g/mol. The lowest BCUT2D eigenvalue weighted by Crippen LogP contribution is -2.28. The van der Waals surface area contributed by atoms with E-state index in [9.17, 15) is 4.79 Å². The Morgan fingerprint density at radius 2 is 2.11 bits per heavy atom. The van der Waals surface area contributed by atoms with Crippen LogP contribution in [-0.4, -0.2) is 22.2 Å². The third-order valence-corrected chi connectivity index (χ3v) is 3.15. The first-order chi connectivity index (χ1) is 8.77. The molecule has 1 aliphatic rings. The second kappa shape index (κ2) is 4.27. The predicted octanol–water partition coefficient (Wildman–Crippen LogP) is 0.752. The van der Waals surface area contributed by atoms with E-state index < -0.39 is 5.91 Å². The summed E-state index contributed by atoms with van der Waals surface area (Å²) >= 11 is 0. The van der Waals surface area contributed by atoms with Gasteiger partial charge in [-0.15, -0.1) is 0 Å². The number of benzene rings is 1. The molecule has 0 unspecified atom stereocenters. The number of hydrogen-bond donors (Lipinski definition) is 2. The predicted molar refractivity (Wildman–Crippen MR) is 67.9 cm³/mol. The molecular formula is C13H14N4O. The molecule has 1 aromatic carbocycles. The Bertz CT molecular complexity index is 589. The quantitative estimate of drug-likeness (QED) is 0.816. The molecule has 5 heteroatoms. The third-order valence-electron chi connectivity index (χ3n) is 3.15. The van der Waals surface area contributed by atoms with Crippen LogP contribution in [-0.2, 0) is 13.1 Å². The molecule has 1 amide bonds. The molecule has 0 atom stereocenters. The van der Waals surface area contributed by atoms with Crippen molar-refractivity contribution < 1.29 is 4.79 Å². The van der Waals surface area contributed by atoms with Gasteiger partial charge in [-0.05, 0) is 5.56 Å². The molecule has 18 heavy (non-hydrogen) atoms. The summed E-state index contributed by atoms with van der Waals surface area (Å²) < 4.78 is 1.87. The lowest BCUT2D eigenvalue weighted by Gasteiger charge is -2.16. The van der Waals surface area contributed by atoms with Gasteiger partial charge in [-0.1, -0.05) is 30.3 Å². The van der Waals surface area contributed by atoms with E-state index in [0.717, 1.165) is 29.9 Å². The Kier molecular flexibility index (Phi) is 2.60. The van der Waals surface area contributed by atoms with E-state index in [1.165, 1.54) is 0 Å². The van der Waals surface area contributed by atoms with Gasteiger partial charge in [0.2, 0.25) is 0 Å². The summed E-state index contributed by atoms with van der Waals surface area (Å²) in [5, 5.41) is 7.62. The molecule has 0 fully saturated rings. The van der Waals surface area contributed by atoms with E-state index in [0.29, 0.717) is 12.2 Å². The van der Waals surface area contributed by atoms with E-state index in [-0.39, 0.29) is 0 Å². The summed E-state index contributed by atoms with van der Waals surface area (Å²) in [7, 11) is 0. The van der Waals surface area contributed by atoms with Crippen LogP contribution in [0.25, 0.3) is 11.1 Å². The van der Waals surface area contributed by atoms with Crippen LogP contribution in [0.4, 0.5) is 0 Å². The molecule has 0 radical (unpaired) electrons. The SMILES string of the molecule is NC(=O)c1nn2c(c1-c1ccccc1)CNCC2. The highest BCUT2D eigenvalue weighted by Crippen LogP contribution is 2.28. The molecule has 0 spiro atoms. The highest BCUT2D eigenvalue weighted by molar-refractivity contribution is 5.98. The van der Waals surface area contributed by atoms with Crippen LogP contribution in [0.1, 0.15) is 16.2 Å². The third kappa shape index (κ3) is 1.69. The number of hydrogen-bond acceptors (Lipinski definition) is 3. The number of carbonyl (C=O) groups excluding carboxylic acids is 1. The van der Waals surface area contributed by atoms with Crippen LogP contribution in [0.3, 0.4) is 0 Å². The summed E-state index contributed by atoms with van der Waals surface area (Å²) in [6.45, 7) is 2.34. The molecule has 5 nitrogen and oxygen atoms in total. The van der Waals surface area contributed by atoms with Crippen LogP contribution >= 0.6 is 0 Å². The Hall–Kier alpha value is -2.14. The van der Waals surface area contributed by atoms with E-state index in [1.54, 1.807) is 0 Å². The average molecular weight is 242 g/mol. The topological polar surface area (TPSA) is 72.9 Å². The highest BCUT2D eigenvalue weighted by atomic mass is 16.1. The number of amides is 1. The maximum atomic E-state index is 11.5. The zero-order valence-electron chi connectivity index (χ0n) is 9.89. The molecule has 3 rings (SSSR count). The highest BCUT2D eigenvalue weighted by Gasteiger charge is 2.23. The van der Waals surface area contributed by atoms with Gasteiger partial charge in [-0.2, -0.15) is 5.10 Å². The standard InChI is InChI=1S/C13H14N4O/c14-13(18)12-11(9-4-2-1-3-5-9)10-8-15-6-7-17(10)16-12/h1-5,15H,6-8H2,(H2,14,18). The summed E-state index contributed by atoms with van der Waals surface area (Å²) in [5.74, 6) is -0.476. The lowest BCUT2D eigenvalue weighted by atomic mass is 10.0. The summed E-state index contributed by atoms with van der Waals surface area (Å²) in [6.07, 6.45) is 0. The van der Waals surface area contributed by atoms with Crippen molar-refractivity contribution in [3.05, 3.63) is 41.7 Å². The van der Waals surface area contributed by atoms with Gasteiger partial charge < -0.3 is 11.1 Å². The Morgan fingerprint density at radius 3 is 2.83 bits per heavy atom. The van der Waals surface area contributed by atoms with E-state index in [1.807, 2.05) is 35.0 Å². The van der Waals surface area contributed by atoms with Gasteiger partial charge in [0.1, 0.15) is 0 Å². The van der Waals surface area contributed by atoms with Gasteiger partial charge in [-0.25, -0.2) is 0 Å². The van der Waals surface area contributed by atoms with Crippen molar-refractivity contribution in [1.82, 2.24) is 15.1 Å². The summed E-state index contributed by atoms with van der Waals surface area (Å²) in [5.41, 5.74) is 8.66. The number of nitrogens with zero attached hydrogens (tertiary/aromatic N) is 2. The molecule has 1 aromatic heterocycles. The second-order valence-corrected chi connectivity index (χ2v) is 4.30. The fraction of sp³-hybridized carbons (Fsp3) is 0.231. The number of nitrogens with one attached hydrogen (secondary N) is 1. The van der Waals surface area contributed by atoms with Crippen molar-refractivity contribution in [2.45, 2.75) is 13.1 Å². The Balaban J connectivity index is 2.23. The normalized spacial score (nSPS) is 14.2. The molecular weight excluding hydrogens is 228 g/mol. The smallest absolute Gasteiger partial charge is 0.269 e. The van der Waals surface area contributed by atoms with E-state index in [4.69, 9.17) is 5.73 Å². The number of aromatic nitrogens is 2. The van der Waals surface area contributed by atoms with Crippen LogP contribution in [0.2, 0.25) is 0 Å². The Labute approximate surface area is 105 Å². The molecule has 2 aromatic rings. The molecule has 0 saturated heterocycles. The van der Waals surface area contributed by atoms with Gasteiger partial charge in [0.05, 0.1) is 12.2 Å². The minimum absolute atomic E-state index is 0.361. The van der Waals surface area contributed by atoms with E-state index >= 15 is 0 Å². The number of rotatable bonds is 2. The summed E-state index contributed by atoms with van der Waals surface area (Å²) in [4.78, 5) is 11.5. The second-order valence-electron chi connectivity index (χ2n) is 4.30. The van der Waals surface area contributed by atoms with Crippen LogP contribution in [0, 0.1) is 0 Å². The molecule has 92 valence electrons. The van der Waals surface area contributed by atoms with Gasteiger partial charge >= 0.3 is 0 Å². The van der Waals surface area contributed by atoms with Crippen molar-refractivity contribution in [1.29, 1.82) is 0 Å². The van der Waals surface area contributed by atoms with Crippen molar-refractivity contribution in [2.24, 2.45) is 5.73 Å². The first-order valence-corrected chi connectivity index (χ1v) is 5.93. The van der Waals surface area contributed by atoms with Crippen molar-refractivity contribution in [3.63, 3.8) is 0 Å². The number of fused-ring (bicyclic) bond motifs is 1. The van der Waals surface area contributed by atoms with Gasteiger partial charge in [-0.3, -0.25) is 9.48 Å². The van der Waals surface area contributed by atoms with Crippen molar-refractivity contribution in [3.8, 4) is 11.1 Å². The minimum Gasteiger partial charge on any atom is -0.364 e. The van der Waals surface area contributed by atoms with Gasteiger partial charge in [0.25, 0.3) is 5.91 Å². The maximum absolute atomic E-state index is 11.5. The lowest BCUT2D eigenvalue weighted by molar-refractivity contribution is 0.0995. The minimum atomic E-state index is -0.476.